The lowest BCUT2D eigenvalue weighted by Gasteiger charge is -2.34. The van der Waals surface area contributed by atoms with E-state index in [2.05, 4.69) is 16.3 Å². The van der Waals surface area contributed by atoms with E-state index in [1.165, 1.54) is 5.00 Å². The molecule has 0 radical (unpaired) electrons. The first-order chi connectivity index (χ1) is 7.25. The van der Waals surface area contributed by atoms with Gasteiger partial charge in [0.25, 0.3) is 0 Å². The van der Waals surface area contributed by atoms with Gasteiger partial charge in [-0.25, -0.2) is 0 Å². The molecule has 1 aliphatic rings. The summed E-state index contributed by atoms with van der Waals surface area (Å²) in [5.74, 6) is -0.737. The van der Waals surface area contributed by atoms with Crippen LogP contribution in [0.2, 0.25) is 0 Å². The standard InChI is InChI=1S/C10H14N2O2S/c13-10(14)8-11-3-5-12(6-4-11)9-2-1-7-15-9/h1-2,7H,3-6,8H2,(H,13,14). The fourth-order valence-electron chi connectivity index (χ4n) is 1.77. The number of anilines is 1. The van der Waals surface area contributed by atoms with E-state index in [0.717, 1.165) is 26.2 Å². The van der Waals surface area contributed by atoms with Gasteiger partial charge in [0.1, 0.15) is 0 Å². The number of thiophene rings is 1. The Morgan fingerprint density at radius 3 is 2.67 bits per heavy atom. The Kier molecular flexibility index (Phi) is 3.23. The molecule has 2 heterocycles. The van der Waals surface area contributed by atoms with E-state index >= 15 is 0 Å². The average molecular weight is 226 g/mol. The number of aliphatic carboxylic acids is 1. The molecule has 0 atom stereocenters. The lowest BCUT2D eigenvalue weighted by atomic mass is 10.3. The Hall–Kier alpha value is -1.07. The van der Waals surface area contributed by atoms with Gasteiger partial charge in [0.15, 0.2) is 0 Å². The number of rotatable bonds is 3. The Morgan fingerprint density at radius 1 is 1.40 bits per heavy atom. The van der Waals surface area contributed by atoms with Gasteiger partial charge >= 0.3 is 5.97 Å². The van der Waals surface area contributed by atoms with E-state index in [1.807, 2.05) is 11.0 Å². The van der Waals surface area contributed by atoms with E-state index in [9.17, 15) is 4.79 Å². The van der Waals surface area contributed by atoms with Crippen LogP contribution in [0.3, 0.4) is 0 Å². The number of piperazine rings is 1. The Morgan fingerprint density at radius 2 is 2.13 bits per heavy atom. The summed E-state index contributed by atoms with van der Waals surface area (Å²) in [7, 11) is 0. The highest BCUT2D eigenvalue weighted by molar-refractivity contribution is 7.14. The van der Waals surface area contributed by atoms with Gasteiger partial charge in [0.05, 0.1) is 11.5 Å². The minimum atomic E-state index is -0.737. The molecule has 0 saturated carbocycles. The van der Waals surface area contributed by atoms with Crippen LogP contribution in [0.15, 0.2) is 17.5 Å². The minimum absolute atomic E-state index is 0.165. The molecule has 1 saturated heterocycles. The molecule has 1 aromatic rings. The zero-order valence-corrected chi connectivity index (χ0v) is 9.24. The zero-order chi connectivity index (χ0) is 10.7. The van der Waals surface area contributed by atoms with Gasteiger partial charge in [-0.05, 0) is 17.5 Å². The van der Waals surface area contributed by atoms with Crippen LogP contribution in [-0.4, -0.2) is 48.7 Å². The largest absolute Gasteiger partial charge is 0.480 e. The molecule has 0 aliphatic carbocycles. The molecule has 1 fully saturated rings. The lowest BCUT2D eigenvalue weighted by molar-refractivity contribution is -0.138. The van der Waals surface area contributed by atoms with Crippen LogP contribution >= 0.6 is 11.3 Å². The van der Waals surface area contributed by atoms with Gasteiger partial charge in [-0.1, -0.05) is 0 Å². The Labute approximate surface area is 92.7 Å². The van der Waals surface area contributed by atoms with Crippen molar-refractivity contribution in [2.75, 3.05) is 37.6 Å². The number of carboxylic acids is 1. The van der Waals surface area contributed by atoms with Gasteiger partial charge < -0.3 is 10.0 Å². The second-order valence-electron chi connectivity index (χ2n) is 3.61. The number of nitrogens with zero attached hydrogens (tertiary/aromatic N) is 2. The van der Waals surface area contributed by atoms with Crippen molar-refractivity contribution < 1.29 is 9.90 Å². The van der Waals surface area contributed by atoms with E-state index in [1.54, 1.807) is 11.3 Å². The molecule has 0 spiro atoms. The molecule has 0 amide bonds. The second-order valence-corrected chi connectivity index (χ2v) is 4.53. The maximum Gasteiger partial charge on any atom is 0.317 e. The second kappa shape index (κ2) is 4.63. The van der Waals surface area contributed by atoms with Gasteiger partial charge in [0.2, 0.25) is 0 Å². The van der Waals surface area contributed by atoms with Crippen molar-refractivity contribution in [2.45, 2.75) is 0 Å². The molecule has 2 rings (SSSR count). The van der Waals surface area contributed by atoms with Gasteiger partial charge in [0, 0.05) is 26.2 Å². The number of carboxylic acid groups (broad SMARTS) is 1. The first-order valence-corrected chi connectivity index (χ1v) is 5.86. The molecule has 5 heteroatoms. The molecule has 4 nitrogen and oxygen atoms in total. The number of hydrogen-bond donors (Lipinski definition) is 1. The third kappa shape index (κ3) is 2.70. The fourth-order valence-corrected chi connectivity index (χ4v) is 2.55. The van der Waals surface area contributed by atoms with Crippen LogP contribution in [0.5, 0.6) is 0 Å². The van der Waals surface area contributed by atoms with Crippen LogP contribution in [0, 0.1) is 0 Å². The van der Waals surface area contributed by atoms with Gasteiger partial charge in [-0.3, -0.25) is 9.69 Å². The van der Waals surface area contributed by atoms with Crippen molar-refractivity contribution in [1.29, 1.82) is 0 Å². The minimum Gasteiger partial charge on any atom is -0.480 e. The normalized spacial score (nSPS) is 18.0. The third-order valence-corrected chi connectivity index (χ3v) is 3.48. The molecule has 15 heavy (non-hydrogen) atoms. The van der Waals surface area contributed by atoms with Gasteiger partial charge in [-0.2, -0.15) is 0 Å². The van der Waals surface area contributed by atoms with E-state index < -0.39 is 5.97 Å². The van der Waals surface area contributed by atoms with E-state index in [-0.39, 0.29) is 6.54 Å². The summed E-state index contributed by atoms with van der Waals surface area (Å²) in [4.78, 5) is 14.8. The number of carbonyl (C=O) groups is 1. The van der Waals surface area contributed by atoms with E-state index in [0.29, 0.717) is 0 Å². The fraction of sp³-hybridized carbons (Fsp3) is 0.500. The highest BCUT2D eigenvalue weighted by Gasteiger charge is 2.18. The molecule has 1 aromatic heterocycles. The van der Waals surface area contributed by atoms with Crippen molar-refractivity contribution in [3.63, 3.8) is 0 Å². The maximum absolute atomic E-state index is 10.5. The van der Waals surface area contributed by atoms with Crippen LogP contribution in [-0.2, 0) is 4.79 Å². The van der Waals surface area contributed by atoms with Crippen molar-refractivity contribution in [2.24, 2.45) is 0 Å². The summed E-state index contributed by atoms with van der Waals surface area (Å²) in [5.41, 5.74) is 0. The highest BCUT2D eigenvalue weighted by Crippen LogP contribution is 2.22. The molecule has 1 N–H and O–H groups in total. The van der Waals surface area contributed by atoms with Crippen molar-refractivity contribution in [3.8, 4) is 0 Å². The first-order valence-electron chi connectivity index (χ1n) is 4.98. The Bertz CT molecular complexity index is 318. The molecular weight excluding hydrogens is 212 g/mol. The smallest absolute Gasteiger partial charge is 0.317 e. The predicted octanol–water partition coefficient (Wildman–Crippen LogP) is 0.955. The van der Waals surface area contributed by atoms with Gasteiger partial charge in [-0.15, -0.1) is 11.3 Å². The van der Waals surface area contributed by atoms with Crippen molar-refractivity contribution in [3.05, 3.63) is 17.5 Å². The first kappa shape index (κ1) is 10.4. The summed E-state index contributed by atoms with van der Waals surface area (Å²) in [6.07, 6.45) is 0. The molecule has 0 unspecified atom stereocenters. The van der Waals surface area contributed by atoms with Crippen LogP contribution < -0.4 is 4.90 Å². The SMILES string of the molecule is O=C(O)CN1CCN(c2cccs2)CC1. The quantitative estimate of drug-likeness (QED) is 0.833. The molecule has 0 bridgehead atoms. The maximum atomic E-state index is 10.5. The van der Waals surface area contributed by atoms with Crippen molar-refractivity contribution >= 4 is 22.3 Å². The summed E-state index contributed by atoms with van der Waals surface area (Å²) in [6.45, 7) is 3.69. The zero-order valence-electron chi connectivity index (χ0n) is 8.43. The summed E-state index contributed by atoms with van der Waals surface area (Å²) < 4.78 is 0. The highest BCUT2D eigenvalue weighted by atomic mass is 32.1. The summed E-state index contributed by atoms with van der Waals surface area (Å²) in [6, 6.07) is 4.15. The lowest BCUT2D eigenvalue weighted by Crippen LogP contribution is -2.47. The molecule has 0 aromatic carbocycles. The van der Waals surface area contributed by atoms with Crippen LogP contribution in [0.1, 0.15) is 0 Å². The predicted molar refractivity (Wildman–Crippen MR) is 60.6 cm³/mol. The topological polar surface area (TPSA) is 43.8 Å². The third-order valence-electron chi connectivity index (χ3n) is 2.55. The van der Waals surface area contributed by atoms with Crippen LogP contribution in [0.4, 0.5) is 5.00 Å². The molecule has 82 valence electrons. The van der Waals surface area contributed by atoms with Crippen LogP contribution in [0.25, 0.3) is 0 Å². The van der Waals surface area contributed by atoms with Crippen molar-refractivity contribution in [1.82, 2.24) is 4.90 Å². The summed E-state index contributed by atoms with van der Waals surface area (Å²) in [5, 5.41) is 12.0. The van der Waals surface area contributed by atoms with E-state index in [4.69, 9.17) is 5.11 Å². The summed E-state index contributed by atoms with van der Waals surface area (Å²) >= 11 is 1.74. The Balaban J connectivity index is 1.84. The number of hydrogen-bond acceptors (Lipinski definition) is 4. The molecular formula is C10H14N2O2S. The monoisotopic (exact) mass is 226 g/mol. The average Bonchev–Trinajstić information content (AvgIpc) is 2.71. The molecule has 1 aliphatic heterocycles.